The predicted molar refractivity (Wildman–Crippen MR) is 169 cm³/mol. The summed E-state index contributed by atoms with van der Waals surface area (Å²) in [6, 6.07) is 15.7. The van der Waals surface area contributed by atoms with Crippen LogP contribution in [0.4, 0.5) is 24.5 Å². The number of halogens is 3. The van der Waals surface area contributed by atoms with Crippen LogP contribution in [0.25, 0.3) is 0 Å². The van der Waals surface area contributed by atoms with E-state index in [4.69, 9.17) is 14.2 Å². The molecule has 0 bridgehead atoms. The van der Waals surface area contributed by atoms with Gasteiger partial charge in [-0.25, -0.2) is 4.90 Å². The number of nitrogens with one attached hydrogen (secondary N) is 2. The van der Waals surface area contributed by atoms with E-state index in [2.05, 4.69) is 10.3 Å². The highest BCUT2D eigenvalue weighted by atomic mass is 32.2. The molecule has 6 rings (SSSR count). The number of thiazole rings is 1. The maximum Gasteiger partial charge on any atom is 0.416 e. The third kappa shape index (κ3) is 6.32. The van der Waals surface area contributed by atoms with Crippen LogP contribution in [0.15, 0.2) is 76.6 Å². The minimum Gasteiger partial charge on any atom is -0.497 e. The van der Waals surface area contributed by atoms with E-state index in [-0.39, 0.29) is 35.3 Å². The number of nitrogens with zero attached hydrogens (tertiary/aromatic N) is 1. The highest BCUT2D eigenvalue weighted by Gasteiger charge is 2.56. The second kappa shape index (κ2) is 12.8. The largest absolute Gasteiger partial charge is 0.497 e. The lowest BCUT2D eigenvalue weighted by Gasteiger charge is -2.30. The molecule has 15 heteroatoms. The number of anilines is 2. The Morgan fingerprint density at radius 1 is 0.979 bits per heavy atom. The SMILES string of the molecule is CCOc1cc(C2c3sc(=O)[nH]c3SC3C(=O)N(c4cccc(C(F)(F)F)c4)C(=O)C32)ccc1OCC(=O)Nc1ccc(OC)cc1. The molecule has 244 valence electrons. The number of aromatic nitrogens is 1. The van der Waals surface area contributed by atoms with Gasteiger partial charge in [0.15, 0.2) is 18.1 Å². The van der Waals surface area contributed by atoms with Crippen molar-refractivity contribution in [2.75, 3.05) is 30.5 Å². The molecule has 3 amide bonds. The van der Waals surface area contributed by atoms with Crippen LogP contribution in [0.5, 0.6) is 17.2 Å². The molecule has 47 heavy (non-hydrogen) atoms. The second-order valence-corrected chi connectivity index (χ2v) is 12.7. The van der Waals surface area contributed by atoms with Crippen LogP contribution in [0.3, 0.4) is 0 Å². The van der Waals surface area contributed by atoms with Crippen LogP contribution >= 0.6 is 23.1 Å². The number of hydrogen-bond acceptors (Lipinski definition) is 9. The second-order valence-electron chi connectivity index (χ2n) is 10.5. The molecule has 3 aromatic carbocycles. The van der Waals surface area contributed by atoms with Gasteiger partial charge in [-0.2, -0.15) is 13.2 Å². The van der Waals surface area contributed by atoms with Crippen molar-refractivity contribution < 1.29 is 41.8 Å². The van der Waals surface area contributed by atoms with Crippen LogP contribution in [-0.4, -0.2) is 48.3 Å². The standard InChI is InChI=1S/C32H26F3N3O7S2/c1-3-44-22-13-16(7-12-21(22)45-15-23(39)36-18-8-10-20(43-2)11-9-18)24-25-27(46-28-26(24)47-31(42)37-28)30(41)38(29(25)40)19-6-4-5-17(14-19)32(33,34)35/h4-14,24-25,27H,3,15H2,1-2H3,(H,36,39)(H,37,42). The number of imide groups is 1. The van der Waals surface area contributed by atoms with Gasteiger partial charge in [-0.05, 0) is 67.1 Å². The molecule has 1 saturated heterocycles. The fraction of sp³-hybridized carbons (Fsp3) is 0.250. The summed E-state index contributed by atoms with van der Waals surface area (Å²) in [7, 11) is 1.54. The number of rotatable bonds is 9. The normalized spacial score (nSPS) is 18.8. The Labute approximate surface area is 273 Å². The molecule has 2 aliphatic rings. The number of carbonyl (C=O) groups is 3. The topological polar surface area (TPSA) is 127 Å². The number of aromatic amines is 1. The first-order valence-electron chi connectivity index (χ1n) is 14.3. The highest BCUT2D eigenvalue weighted by molar-refractivity contribution is 8.00. The number of amides is 3. The third-order valence-corrected chi connectivity index (χ3v) is 10.0. The van der Waals surface area contributed by atoms with Crippen molar-refractivity contribution >= 4 is 52.2 Å². The number of H-pyrrole nitrogens is 1. The van der Waals surface area contributed by atoms with Gasteiger partial charge in [0.25, 0.3) is 5.91 Å². The maximum absolute atomic E-state index is 14.0. The van der Waals surface area contributed by atoms with Crippen LogP contribution in [0.1, 0.15) is 28.8 Å². The van der Waals surface area contributed by atoms with Gasteiger partial charge in [0.05, 0.1) is 35.9 Å². The van der Waals surface area contributed by atoms with Crippen molar-refractivity contribution in [2.45, 2.75) is 29.3 Å². The molecular formula is C32H26F3N3O7S2. The minimum absolute atomic E-state index is 0.188. The quantitative estimate of drug-likeness (QED) is 0.216. The van der Waals surface area contributed by atoms with Crippen LogP contribution in [0.2, 0.25) is 0 Å². The number of benzene rings is 3. The molecule has 1 fully saturated rings. The number of ether oxygens (including phenoxy) is 3. The lowest BCUT2D eigenvalue weighted by atomic mass is 9.83. The van der Waals surface area contributed by atoms with Crippen LogP contribution in [-0.2, 0) is 20.6 Å². The number of hydrogen-bond donors (Lipinski definition) is 2. The fourth-order valence-corrected chi connectivity index (χ4v) is 8.09. The lowest BCUT2D eigenvalue weighted by Crippen LogP contribution is -2.32. The average molecular weight is 686 g/mol. The van der Waals surface area contributed by atoms with E-state index in [1.807, 2.05) is 0 Å². The summed E-state index contributed by atoms with van der Waals surface area (Å²) in [6.07, 6.45) is -4.68. The first-order chi connectivity index (χ1) is 22.5. The molecule has 3 heterocycles. The fourth-order valence-electron chi connectivity index (χ4n) is 5.57. The molecule has 0 radical (unpaired) electrons. The molecule has 2 aliphatic heterocycles. The summed E-state index contributed by atoms with van der Waals surface area (Å²) >= 11 is 1.90. The number of methoxy groups -OCH3 is 1. The van der Waals surface area contributed by atoms with Crippen LogP contribution < -0.4 is 29.3 Å². The van der Waals surface area contributed by atoms with Crippen molar-refractivity contribution in [1.29, 1.82) is 0 Å². The molecule has 3 unspecified atom stereocenters. The zero-order chi connectivity index (χ0) is 33.5. The smallest absolute Gasteiger partial charge is 0.416 e. The molecule has 0 spiro atoms. The summed E-state index contributed by atoms with van der Waals surface area (Å²) < 4.78 is 57.2. The van der Waals surface area contributed by atoms with Crippen molar-refractivity contribution in [2.24, 2.45) is 5.92 Å². The van der Waals surface area contributed by atoms with Crippen molar-refractivity contribution in [3.63, 3.8) is 0 Å². The van der Waals surface area contributed by atoms with E-state index in [9.17, 15) is 32.3 Å². The van der Waals surface area contributed by atoms with Gasteiger partial charge in [0, 0.05) is 16.5 Å². The van der Waals surface area contributed by atoms with Gasteiger partial charge < -0.3 is 24.5 Å². The van der Waals surface area contributed by atoms with Crippen molar-refractivity contribution in [1.82, 2.24) is 4.98 Å². The summed E-state index contributed by atoms with van der Waals surface area (Å²) in [5.74, 6) is -2.50. The Morgan fingerprint density at radius 3 is 2.45 bits per heavy atom. The lowest BCUT2D eigenvalue weighted by molar-refractivity contribution is -0.137. The van der Waals surface area contributed by atoms with Gasteiger partial charge in [0.1, 0.15) is 11.0 Å². The molecule has 0 aliphatic carbocycles. The third-order valence-electron chi connectivity index (χ3n) is 7.61. The van der Waals surface area contributed by atoms with E-state index in [1.165, 1.54) is 13.2 Å². The van der Waals surface area contributed by atoms with Gasteiger partial charge in [-0.15, -0.1) is 0 Å². The Bertz CT molecular complexity index is 1910. The molecule has 2 N–H and O–H groups in total. The number of carbonyl (C=O) groups excluding carboxylic acids is 3. The number of thioether (sulfide) groups is 1. The monoisotopic (exact) mass is 685 g/mol. The Morgan fingerprint density at radius 2 is 1.74 bits per heavy atom. The molecular weight excluding hydrogens is 659 g/mol. The molecule has 3 atom stereocenters. The van der Waals surface area contributed by atoms with E-state index >= 15 is 0 Å². The zero-order valence-electron chi connectivity index (χ0n) is 24.8. The number of alkyl halides is 3. The van der Waals surface area contributed by atoms with Crippen molar-refractivity contribution in [3.8, 4) is 17.2 Å². The average Bonchev–Trinajstić information content (AvgIpc) is 3.54. The van der Waals surface area contributed by atoms with Crippen molar-refractivity contribution in [3.05, 3.63) is 92.4 Å². The van der Waals surface area contributed by atoms with E-state index in [0.717, 1.165) is 46.2 Å². The minimum atomic E-state index is -4.68. The Balaban J connectivity index is 1.30. The number of fused-ring (bicyclic) bond motifs is 2. The Kier molecular flexibility index (Phi) is 8.76. The predicted octanol–water partition coefficient (Wildman–Crippen LogP) is 5.68. The first-order valence-corrected chi connectivity index (χ1v) is 16.0. The van der Waals surface area contributed by atoms with E-state index in [0.29, 0.717) is 26.9 Å². The summed E-state index contributed by atoms with van der Waals surface area (Å²) in [4.78, 5) is 56.3. The Hall–Kier alpha value is -4.76. The summed E-state index contributed by atoms with van der Waals surface area (Å²) in [5, 5.41) is 2.13. The van der Waals surface area contributed by atoms with Gasteiger partial charge in [-0.1, -0.05) is 35.2 Å². The van der Waals surface area contributed by atoms with Gasteiger partial charge >= 0.3 is 11.0 Å². The first kappa shape index (κ1) is 32.2. The highest BCUT2D eigenvalue weighted by Crippen LogP contribution is 2.54. The van der Waals surface area contributed by atoms with Gasteiger partial charge in [-0.3, -0.25) is 19.2 Å². The summed E-state index contributed by atoms with van der Waals surface area (Å²) in [6.45, 7) is 1.63. The van der Waals surface area contributed by atoms with Gasteiger partial charge in [0.2, 0.25) is 11.8 Å². The summed E-state index contributed by atoms with van der Waals surface area (Å²) in [5.41, 5.74) is -0.122. The molecule has 10 nitrogen and oxygen atoms in total. The van der Waals surface area contributed by atoms with E-state index < -0.39 is 46.5 Å². The van der Waals surface area contributed by atoms with E-state index in [1.54, 1.807) is 49.4 Å². The maximum atomic E-state index is 14.0. The molecule has 0 saturated carbocycles. The zero-order valence-corrected chi connectivity index (χ0v) is 26.4. The molecule has 1 aromatic heterocycles. The van der Waals surface area contributed by atoms with Crippen LogP contribution in [0, 0.1) is 5.92 Å². The molecule has 4 aromatic rings.